The summed E-state index contributed by atoms with van der Waals surface area (Å²) in [6.07, 6.45) is 3.59. The molecule has 114 valence electrons. The highest BCUT2D eigenvalue weighted by molar-refractivity contribution is 5.52. The molecule has 3 rings (SSSR count). The summed E-state index contributed by atoms with van der Waals surface area (Å²) >= 11 is 0. The lowest BCUT2D eigenvalue weighted by molar-refractivity contribution is 0.481. The Kier molecular flexibility index (Phi) is 3.71. The number of anilines is 1. The summed E-state index contributed by atoms with van der Waals surface area (Å²) in [5, 5.41) is 7.86. The van der Waals surface area contributed by atoms with Crippen molar-refractivity contribution in [2.75, 3.05) is 5.32 Å². The number of hydrogen-bond donors (Lipinski definition) is 1. The fraction of sp³-hybridized carbons (Fsp3) is 0.294. The van der Waals surface area contributed by atoms with Gasteiger partial charge in [-0.1, -0.05) is 12.1 Å². The van der Waals surface area contributed by atoms with Crippen molar-refractivity contribution in [1.29, 1.82) is 0 Å². The van der Waals surface area contributed by atoms with Gasteiger partial charge in [0, 0.05) is 6.92 Å². The molecule has 0 radical (unpaired) electrons. The fourth-order valence-electron chi connectivity index (χ4n) is 2.44. The highest BCUT2D eigenvalue weighted by Crippen LogP contribution is 2.22. The zero-order valence-electron chi connectivity index (χ0n) is 13.3. The molecule has 0 unspecified atom stereocenters. The van der Waals surface area contributed by atoms with Crippen LogP contribution in [0.25, 0.3) is 5.69 Å². The van der Waals surface area contributed by atoms with Gasteiger partial charge in [-0.15, -0.1) is 0 Å². The quantitative estimate of drug-likeness (QED) is 0.797. The molecule has 3 aromatic rings. The van der Waals surface area contributed by atoms with Crippen LogP contribution in [0.15, 0.2) is 35.0 Å². The SMILES string of the molecule is Cc1ccc(C)c(-n2ncc(NCc3cnc(C)o3)c2C)c1. The van der Waals surface area contributed by atoms with Crippen LogP contribution in [-0.4, -0.2) is 14.8 Å². The number of aryl methyl sites for hydroxylation is 3. The normalized spacial score (nSPS) is 10.9. The molecule has 1 N–H and O–H groups in total. The molecule has 0 atom stereocenters. The van der Waals surface area contributed by atoms with E-state index in [0.29, 0.717) is 12.4 Å². The Labute approximate surface area is 130 Å². The number of aromatic nitrogens is 3. The maximum Gasteiger partial charge on any atom is 0.191 e. The maximum atomic E-state index is 5.47. The molecule has 5 nitrogen and oxygen atoms in total. The highest BCUT2D eigenvalue weighted by atomic mass is 16.4. The first-order chi connectivity index (χ1) is 10.5. The van der Waals surface area contributed by atoms with Gasteiger partial charge in [0.1, 0.15) is 5.76 Å². The minimum atomic E-state index is 0.597. The average Bonchev–Trinajstić information content (AvgIpc) is 3.06. The summed E-state index contributed by atoms with van der Waals surface area (Å²) in [4.78, 5) is 4.10. The van der Waals surface area contributed by atoms with E-state index in [0.717, 1.165) is 22.8 Å². The largest absolute Gasteiger partial charge is 0.444 e. The highest BCUT2D eigenvalue weighted by Gasteiger charge is 2.10. The predicted molar refractivity (Wildman–Crippen MR) is 86.3 cm³/mol. The van der Waals surface area contributed by atoms with Gasteiger partial charge in [0.2, 0.25) is 0 Å². The summed E-state index contributed by atoms with van der Waals surface area (Å²) in [7, 11) is 0. The number of oxazole rings is 1. The molecule has 2 aromatic heterocycles. The van der Waals surface area contributed by atoms with E-state index >= 15 is 0 Å². The Bertz CT molecular complexity index is 801. The third-order valence-corrected chi connectivity index (χ3v) is 3.72. The van der Waals surface area contributed by atoms with Gasteiger partial charge in [0.05, 0.1) is 36.0 Å². The first-order valence-corrected chi connectivity index (χ1v) is 7.32. The monoisotopic (exact) mass is 296 g/mol. The van der Waals surface area contributed by atoms with E-state index in [1.807, 2.05) is 17.8 Å². The second kappa shape index (κ2) is 5.67. The summed E-state index contributed by atoms with van der Waals surface area (Å²) in [5.41, 5.74) is 5.61. The molecule has 0 aliphatic heterocycles. The third-order valence-electron chi connectivity index (χ3n) is 3.72. The molecule has 5 heteroatoms. The van der Waals surface area contributed by atoms with Gasteiger partial charge in [-0.25, -0.2) is 9.67 Å². The Morgan fingerprint density at radius 1 is 1.14 bits per heavy atom. The minimum absolute atomic E-state index is 0.597. The molecule has 0 saturated carbocycles. The summed E-state index contributed by atoms with van der Waals surface area (Å²) in [6.45, 7) is 8.68. The van der Waals surface area contributed by atoms with Crippen molar-refractivity contribution in [2.45, 2.75) is 34.2 Å². The number of benzene rings is 1. The topological polar surface area (TPSA) is 55.9 Å². The van der Waals surface area contributed by atoms with Crippen LogP contribution in [0.2, 0.25) is 0 Å². The lowest BCUT2D eigenvalue weighted by atomic mass is 10.1. The molecule has 1 aromatic carbocycles. The number of rotatable bonds is 4. The van der Waals surface area contributed by atoms with Crippen LogP contribution < -0.4 is 5.32 Å². The second-order valence-corrected chi connectivity index (χ2v) is 5.54. The molecule has 0 aliphatic rings. The van der Waals surface area contributed by atoms with Crippen LogP contribution in [-0.2, 0) is 6.54 Å². The van der Waals surface area contributed by atoms with Gasteiger partial charge in [0.15, 0.2) is 5.89 Å². The zero-order chi connectivity index (χ0) is 15.7. The van der Waals surface area contributed by atoms with Crippen molar-refractivity contribution in [2.24, 2.45) is 0 Å². The van der Waals surface area contributed by atoms with Crippen LogP contribution >= 0.6 is 0 Å². The molecule has 0 saturated heterocycles. The standard InChI is InChI=1S/C17H20N4O/c1-11-5-6-12(2)17(7-11)21-13(3)16(10-20-21)19-9-15-8-18-14(4)22-15/h5-8,10,19H,9H2,1-4H3. The smallest absolute Gasteiger partial charge is 0.191 e. The Morgan fingerprint density at radius 2 is 1.95 bits per heavy atom. The molecule has 0 aliphatic carbocycles. The first-order valence-electron chi connectivity index (χ1n) is 7.32. The van der Waals surface area contributed by atoms with Crippen molar-refractivity contribution in [1.82, 2.24) is 14.8 Å². The van der Waals surface area contributed by atoms with E-state index in [4.69, 9.17) is 4.42 Å². The molecule has 0 spiro atoms. The molecule has 0 fully saturated rings. The van der Waals surface area contributed by atoms with E-state index < -0.39 is 0 Å². The summed E-state index contributed by atoms with van der Waals surface area (Å²) in [6, 6.07) is 6.39. The Morgan fingerprint density at radius 3 is 2.68 bits per heavy atom. The van der Waals surface area contributed by atoms with Gasteiger partial charge in [-0.2, -0.15) is 5.10 Å². The van der Waals surface area contributed by atoms with Gasteiger partial charge in [-0.3, -0.25) is 0 Å². The summed E-state index contributed by atoms with van der Waals surface area (Å²) in [5.74, 6) is 1.50. The minimum Gasteiger partial charge on any atom is -0.444 e. The van der Waals surface area contributed by atoms with E-state index in [1.54, 1.807) is 6.20 Å². The zero-order valence-corrected chi connectivity index (χ0v) is 13.3. The Hall–Kier alpha value is -2.56. The molecular weight excluding hydrogens is 276 g/mol. The van der Waals surface area contributed by atoms with Gasteiger partial charge in [0.25, 0.3) is 0 Å². The van der Waals surface area contributed by atoms with Crippen molar-refractivity contribution >= 4 is 5.69 Å². The van der Waals surface area contributed by atoms with Crippen LogP contribution in [0.3, 0.4) is 0 Å². The van der Waals surface area contributed by atoms with E-state index in [1.165, 1.54) is 11.1 Å². The molecule has 0 bridgehead atoms. The average molecular weight is 296 g/mol. The first kappa shape index (κ1) is 14.4. The van der Waals surface area contributed by atoms with Crippen molar-refractivity contribution in [3.05, 3.63) is 59.1 Å². The summed E-state index contributed by atoms with van der Waals surface area (Å²) < 4.78 is 7.44. The lowest BCUT2D eigenvalue weighted by Gasteiger charge is -2.10. The second-order valence-electron chi connectivity index (χ2n) is 5.54. The van der Waals surface area contributed by atoms with Crippen LogP contribution in [0, 0.1) is 27.7 Å². The number of nitrogens with one attached hydrogen (secondary N) is 1. The van der Waals surface area contributed by atoms with Crippen LogP contribution in [0.1, 0.15) is 28.5 Å². The number of nitrogens with zero attached hydrogens (tertiary/aromatic N) is 3. The third kappa shape index (κ3) is 2.74. The van der Waals surface area contributed by atoms with E-state index in [2.05, 4.69) is 54.4 Å². The van der Waals surface area contributed by atoms with E-state index in [-0.39, 0.29) is 0 Å². The molecule has 22 heavy (non-hydrogen) atoms. The Balaban J connectivity index is 1.84. The maximum absolute atomic E-state index is 5.47. The van der Waals surface area contributed by atoms with Crippen LogP contribution in [0.5, 0.6) is 0 Å². The van der Waals surface area contributed by atoms with E-state index in [9.17, 15) is 0 Å². The number of hydrogen-bond acceptors (Lipinski definition) is 4. The molecule has 2 heterocycles. The van der Waals surface area contributed by atoms with Gasteiger partial charge in [-0.05, 0) is 38.0 Å². The van der Waals surface area contributed by atoms with Crippen molar-refractivity contribution in [3.63, 3.8) is 0 Å². The lowest BCUT2D eigenvalue weighted by Crippen LogP contribution is -2.03. The van der Waals surface area contributed by atoms with Gasteiger partial charge < -0.3 is 9.73 Å². The van der Waals surface area contributed by atoms with Crippen molar-refractivity contribution in [3.8, 4) is 5.69 Å². The predicted octanol–water partition coefficient (Wildman–Crippen LogP) is 3.71. The van der Waals surface area contributed by atoms with Crippen molar-refractivity contribution < 1.29 is 4.42 Å². The fourth-order valence-corrected chi connectivity index (χ4v) is 2.44. The molecule has 0 amide bonds. The molecular formula is C17H20N4O. The van der Waals surface area contributed by atoms with Gasteiger partial charge >= 0.3 is 0 Å². The van der Waals surface area contributed by atoms with Crippen LogP contribution in [0.4, 0.5) is 5.69 Å².